The number of Topliss-reactive ketones (excluding diaryl/α,β-unsaturated/α-hetero) is 1. The fraction of sp³-hybridized carbons (Fsp3) is 0.111. The predicted molar refractivity (Wildman–Crippen MR) is 86.3 cm³/mol. The zero-order valence-corrected chi connectivity index (χ0v) is 12.6. The molecule has 0 bridgehead atoms. The minimum absolute atomic E-state index is 0.0289. The molecule has 0 saturated carbocycles. The van der Waals surface area contributed by atoms with Gasteiger partial charge in [0.2, 0.25) is 17.8 Å². The highest BCUT2D eigenvalue weighted by Gasteiger charge is 2.19. The molecule has 5 heteroatoms. The van der Waals surface area contributed by atoms with Gasteiger partial charge in [0.25, 0.3) is 5.69 Å². The topological polar surface area (TPSA) is 64.1 Å². The molecule has 5 nitrogen and oxygen atoms in total. The van der Waals surface area contributed by atoms with Crippen molar-refractivity contribution in [2.45, 2.75) is 13.5 Å². The molecule has 0 spiro atoms. The van der Waals surface area contributed by atoms with E-state index in [1.807, 2.05) is 47.2 Å². The molecular formula is C18H15N2O3+. The van der Waals surface area contributed by atoms with E-state index >= 15 is 0 Å². The van der Waals surface area contributed by atoms with Crippen molar-refractivity contribution in [3.8, 4) is 0 Å². The van der Waals surface area contributed by atoms with Crippen LogP contribution >= 0.6 is 0 Å². The molecule has 1 aromatic heterocycles. The number of ketones is 1. The molecule has 114 valence electrons. The number of aromatic nitrogens is 1. The molecule has 0 aliphatic heterocycles. The van der Waals surface area contributed by atoms with Gasteiger partial charge >= 0.3 is 0 Å². The number of benzene rings is 2. The van der Waals surface area contributed by atoms with Crippen molar-refractivity contribution < 1.29 is 14.3 Å². The molecule has 0 aliphatic rings. The summed E-state index contributed by atoms with van der Waals surface area (Å²) >= 11 is 0. The van der Waals surface area contributed by atoms with E-state index in [0.29, 0.717) is 11.1 Å². The second-order valence-corrected chi connectivity index (χ2v) is 5.38. The monoisotopic (exact) mass is 307 g/mol. The van der Waals surface area contributed by atoms with Gasteiger partial charge < -0.3 is 0 Å². The van der Waals surface area contributed by atoms with E-state index in [9.17, 15) is 14.9 Å². The smallest absolute Gasteiger partial charge is 0.273 e. The van der Waals surface area contributed by atoms with Gasteiger partial charge in [-0.05, 0) is 19.1 Å². The average Bonchev–Trinajstić information content (AvgIpc) is 2.55. The van der Waals surface area contributed by atoms with Crippen molar-refractivity contribution in [3.05, 3.63) is 82.0 Å². The summed E-state index contributed by atoms with van der Waals surface area (Å²) in [6.45, 7) is 1.80. The van der Waals surface area contributed by atoms with Crippen LogP contribution in [0.1, 0.15) is 15.9 Å². The summed E-state index contributed by atoms with van der Waals surface area (Å²) in [5.74, 6) is -0.158. The van der Waals surface area contributed by atoms with Crippen LogP contribution in [-0.2, 0) is 6.54 Å². The molecular weight excluding hydrogens is 292 g/mol. The van der Waals surface area contributed by atoms with Crippen molar-refractivity contribution in [2.24, 2.45) is 0 Å². The number of pyridine rings is 1. The van der Waals surface area contributed by atoms with Crippen LogP contribution in [0.25, 0.3) is 10.9 Å². The molecule has 0 atom stereocenters. The van der Waals surface area contributed by atoms with Gasteiger partial charge in [0.1, 0.15) is 0 Å². The third kappa shape index (κ3) is 2.94. The highest BCUT2D eigenvalue weighted by atomic mass is 16.6. The summed E-state index contributed by atoms with van der Waals surface area (Å²) in [7, 11) is 0. The number of carbonyl (C=O) groups excluding carboxylic acids is 1. The van der Waals surface area contributed by atoms with E-state index in [0.717, 1.165) is 10.9 Å². The maximum Gasteiger partial charge on any atom is 0.273 e. The fourth-order valence-corrected chi connectivity index (χ4v) is 2.58. The first-order valence-electron chi connectivity index (χ1n) is 7.22. The van der Waals surface area contributed by atoms with E-state index in [-0.39, 0.29) is 18.0 Å². The molecule has 0 fully saturated rings. The van der Waals surface area contributed by atoms with Crippen LogP contribution in [-0.4, -0.2) is 10.7 Å². The Kier molecular flexibility index (Phi) is 3.85. The second kappa shape index (κ2) is 5.96. The van der Waals surface area contributed by atoms with Crippen molar-refractivity contribution in [3.63, 3.8) is 0 Å². The van der Waals surface area contributed by atoms with E-state index in [4.69, 9.17) is 0 Å². The third-order valence-corrected chi connectivity index (χ3v) is 3.83. The zero-order chi connectivity index (χ0) is 16.4. The number of rotatable bonds is 4. The first kappa shape index (κ1) is 14.8. The molecule has 3 rings (SSSR count). The Morgan fingerprint density at radius 2 is 1.87 bits per heavy atom. The predicted octanol–water partition coefficient (Wildman–Crippen LogP) is 3.23. The maximum atomic E-state index is 12.5. The number of para-hydroxylation sites is 1. The highest BCUT2D eigenvalue weighted by molar-refractivity contribution is 5.96. The van der Waals surface area contributed by atoms with Crippen molar-refractivity contribution >= 4 is 22.4 Å². The number of nitro benzene ring substituents is 1. The number of nitro groups is 1. The third-order valence-electron chi connectivity index (χ3n) is 3.83. The van der Waals surface area contributed by atoms with Gasteiger partial charge in [-0.3, -0.25) is 14.9 Å². The van der Waals surface area contributed by atoms with Crippen LogP contribution in [0.15, 0.2) is 60.8 Å². The van der Waals surface area contributed by atoms with Crippen LogP contribution in [0, 0.1) is 17.0 Å². The first-order chi connectivity index (χ1) is 11.1. The lowest BCUT2D eigenvalue weighted by molar-refractivity contribution is -0.657. The summed E-state index contributed by atoms with van der Waals surface area (Å²) in [4.78, 5) is 23.1. The molecule has 0 unspecified atom stereocenters. The van der Waals surface area contributed by atoms with Crippen LogP contribution in [0.3, 0.4) is 0 Å². The number of fused-ring (bicyclic) bond motifs is 1. The standard InChI is InChI=1S/C18H15N2O3/c1-13-8-9-15(11-17(13)20(22)23)18(21)12-19-10-4-6-14-5-2-3-7-16(14)19/h2-11H,12H2,1H3/q+1. The Bertz CT molecular complexity index is 914. The van der Waals surface area contributed by atoms with Gasteiger partial charge in [-0.1, -0.05) is 24.3 Å². The molecule has 23 heavy (non-hydrogen) atoms. The number of aryl methyl sites for hydroxylation is 1. The van der Waals surface area contributed by atoms with E-state index in [1.165, 1.54) is 6.07 Å². The van der Waals surface area contributed by atoms with Crippen molar-refractivity contribution in [1.29, 1.82) is 0 Å². The second-order valence-electron chi connectivity index (χ2n) is 5.38. The Balaban J connectivity index is 1.95. The van der Waals surface area contributed by atoms with Gasteiger partial charge in [-0.2, -0.15) is 4.57 Å². The summed E-state index contributed by atoms with van der Waals surface area (Å²) in [5.41, 5.74) is 1.82. The first-order valence-corrected chi connectivity index (χ1v) is 7.22. The van der Waals surface area contributed by atoms with E-state index < -0.39 is 4.92 Å². The Morgan fingerprint density at radius 1 is 1.13 bits per heavy atom. The Hall–Kier alpha value is -3.08. The largest absolute Gasteiger partial charge is 0.287 e. The van der Waals surface area contributed by atoms with Gasteiger partial charge in [0.05, 0.1) is 4.92 Å². The lowest BCUT2D eigenvalue weighted by Gasteiger charge is -2.03. The number of hydrogen-bond donors (Lipinski definition) is 0. The van der Waals surface area contributed by atoms with Gasteiger partial charge in [0.15, 0.2) is 6.20 Å². The lowest BCUT2D eigenvalue weighted by Crippen LogP contribution is -2.38. The molecule has 3 aromatic rings. The molecule has 0 amide bonds. The van der Waals surface area contributed by atoms with Crippen LogP contribution in [0.2, 0.25) is 0 Å². The zero-order valence-electron chi connectivity index (χ0n) is 12.6. The van der Waals surface area contributed by atoms with Crippen LogP contribution in [0.5, 0.6) is 0 Å². The minimum atomic E-state index is -0.461. The van der Waals surface area contributed by atoms with Gasteiger partial charge in [-0.15, -0.1) is 0 Å². The van der Waals surface area contributed by atoms with Crippen LogP contribution in [0.4, 0.5) is 5.69 Å². The lowest BCUT2D eigenvalue weighted by atomic mass is 10.1. The van der Waals surface area contributed by atoms with Crippen molar-refractivity contribution in [2.75, 3.05) is 0 Å². The quantitative estimate of drug-likeness (QED) is 0.322. The maximum absolute atomic E-state index is 12.5. The summed E-state index contributed by atoms with van der Waals surface area (Å²) in [5, 5.41) is 12.1. The van der Waals surface area contributed by atoms with Gasteiger partial charge in [-0.25, -0.2) is 0 Å². The molecule has 0 radical (unpaired) electrons. The number of nitrogens with zero attached hydrogens (tertiary/aromatic N) is 2. The molecule has 2 aromatic carbocycles. The summed E-state index contributed by atoms with van der Waals surface area (Å²) in [6.07, 6.45) is 1.84. The summed E-state index contributed by atoms with van der Waals surface area (Å²) < 4.78 is 1.85. The molecule has 0 N–H and O–H groups in total. The molecule has 0 saturated heterocycles. The Labute approximate surface area is 133 Å². The van der Waals surface area contributed by atoms with Crippen LogP contribution < -0.4 is 4.57 Å². The Morgan fingerprint density at radius 3 is 2.65 bits per heavy atom. The SMILES string of the molecule is Cc1ccc(C(=O)C[n+]2cccc3ccccc32)cc1[N+](=O)[O-]. The van der Waals surface area contributed by atoms with Gasteiger partial charge in [0, 0.05) is 34.7 Å². The minimum Gasteiger partial charge on any atom is -0.287 e. The number of hydrogen-bond acceptors (Lipinski definition) is 3. The van der Waals surface area contributed by atoms with Crippen molar-refractivity contribution in [1.82, 2.24) is 0 Å². The van der Waals surface area contributed by atoms with E-state index in [2.05, 4.69) is 0 Å². The number of carbonyl (C=O) groups is 1. The normalized spacial score (nSPS) is 10.7. The molecule has 0 aliphatic carbocycles. The fourth-order valence-electron chi connectivity index (χ4n) is 2.58. The average molecular weight is 307 g/mol. The molecule has 1 heterocycles. The summed E-state index contributed by atoms with van der Waals surface area (Å²) in [6, 6.07) is 16.2. The van der Waals surface area contributed by atoms with E-state index in [1.54, 1.807) is 19.1 Å². The highest BCUT2D eigenvalue weighted by Crippen LogP contribution is 2.19.